The van der Waals surface area contributed by atoms with Gasteiger partial charge in [-0.1, -0.05) is 0 Å². The monoisotopic (exact) mass is 205 g/mol. The number of pyridine rings is 1. The van der Waals surface area contributed by atoms with Crippen LogP contribution in [-0.4, -0.2) is 16.9 Å². The lowest BCUT2D eigenvalue weighted by atomic mass is 10.2. The van der Waals surface area contributed by atoms with Crippen LogP contribution in [-0.2, 0) is 0 Å². The van der Waals surface area contributed by atoms with E-state index in [1.165, 1.54) is 19.8 Å². The molecule has 0 spiro atoms. The van der Waals surface area contributed by atoms with Crippen molar-refractivity contribution in [3.63, 3.8) is 0 Å². The summed E-state index contributed by atoms with van der Waals surface area (Å²) in [5.41, 5.74) is 0.633. The largest absolute Gasteiger partial charge is 0.474 e. The van der Waals surface area contributed by atoms with E-state index in [-0.39, 0.29) is 5.78 Å². The number of nitrogens with zero attached hydrogens (tertiary/aromatic N) is 1. The molecule has 1 aliphatic rings. The molecule has 0 amide bonds. The van der Waals surface area contributed by atoms with Crippen LogP contribution in [0, 0.1) is 0 Å². The summed E-state index contributed by atoms with van der Waals surface area (Å²) in [6.07, 6.45) is 6.63. The van der Waals surface area contributed by atoms with Crippen molar-refractivity contribution in [2.24, 2.45) is 0 Å². The van der Waals surface area contributed by atoms with Crippen LogP contribution in [0.5, 0.6) is 5.88 Å². The van der Waals surface area contributed by atoms with Crippen LogP contribution in [0.1, 0.15) is 43.0 Å². The standard InChI is InChI=1S/C12H15NO2/c1-9(14)10-6-7-12(13-8-10)15-11-4-2-3-5-11/h6-8,11H,2-5H2,1H3. The maximum Gasteiger partial charge on any atom is 0.213 e. The molecule has 1 fully saturated rings. The Kier molecular flexibility index (Phi) is 2.99. The highest BCUT2D eigenvalue weighted by Gasteiger charge is 2.16. The number of carbonyl (C=O) groups is 1. The summed E-state index contributed by atoms with van der Waals surface area (Å²) in [6, 6.07) is 3.54. The predicted octanol–water partition coefficient (Wildman–Crippen LogP) is 2.61. The SMILES string of the molecule is CC(=O)c1ccc(OC2CCCC2)nc1. The van der Waals surface area contributed by atoms with Gasteiger partial charge in [-0.2, -0.15) is 0 Å². The third kappa shape index (κ3) is 2.55. The Morgan fingerprint density at radius 3 is 2.67 bits per heavy atom. The first-order valence-electron chi connectivity index (χ1n) is 5.39. The maximum absolute atomic E-state index is 11.0. The van der Waals surface area contributed by atoms with Gasteiger partial charge in [-0.3, -0.25) is 4.79 Å². The van der Waals surface area contributed by atoms with E-state index in [1.807, 2.05) is 0 Å². The van der Waals surface area contributed by atoms with Crippen molar-refractivity contribution in [1.29, 1.82) is 0 Å². The van der Waals surface area contributed by atoms with E-state index in [9.17, 15) is 4.79 Å². The van der Waals surface area contributed by atoms with Crippen LogP contribution < -0.4 is 4.74 Å². The number of aromatic nitrogens is 1. The fourth-order valence-corrected chi connectivity index (χ4v) is 1.84. The Morgan fingerprint density at radius 2 is 2.13 bits per heavy atom. The predicted molar refractivity (Wildman–Crippen MR) is 57.1 cm³/mol. The molecule has 15 heavy (non-hydrogen) atoms. The third-order valence-electron chi connectivity index (χ3n) is 2.73. The minimum absolute atomic E-state index is 0.0370. The van der Waals surface area contributed by atoms with Gasteiger partial charge < -0.3 is 4.74 Å². The molecule has 2 rings (SSSR count). The third-order valence-corrected chi connectivity index (χ3v) is 2.73. The summed E-state index contributed by atoms with van der Waals surface area (Å²) in [5, 5.41) is 0. The molecule has 1 aromatic heterocycles. The quantitative estimate of drug-likeness (QED) is 0.712. The van der Waals surface area contributed by atoms with Crippen molar-refractivity contribution in [2.75, 3.05) is 0 Å². The molecule has 1 heterocycles. The molecule has 0 bridgehead atoms. The average molecular weight is 205 g/mol. The first kappa shape index (κ1) is 10.1. The topological polar surface area (TPSA) is 39.2 Å². The molecule has 0 N–H and O–H groups in total. The number of ether oxygens (including phenoxy) is 1. The van der Waals surface area contributed by atoms with E-state index in [2.05, 4.69) is 4.98 Å². The summed E-state index contributed by atoms with van der Waals surface area (Å²) in [7, 11) is 0. The Bertz CT molecular complexity index is 339. The summed E-state index contributed by atoms with van der Waals surface area (Å²) in [6.45, 7) is 1.54. The number of Topliss-reactive ketones (excluding diaryl/α,β-unsaturated/α-hetero) is 1. The van der Waals surface area contributed by atoms with Crippen LogP contribution in [0.4, 0.5) is 0 Å². The van der Waals surface area contributed by atoms with Gasteiger partial charge in [0.05, 0.1) is 0 Å². The summed E-state index contributed by atoms with van der Waals surface area (Å²) in [4.78, 5) is 15.1. The van der Waals surface area contributed by atoms with E-state index >= 15 is 0 Å². The molecule has 1 aromatic rings. The van der Waals surface area contributed by atoms with Crippen molar-refractivity contribution in [3.05, 3.63) is 23.9 Å². The fraction of sp³-hybridized carbons (Fsp3) is 0.500. The molecule has 0 unspecified atom stereocenters. The maximum atomic E-state index is 11.0. The Hall–Kier alpha value is -1.38. The summed E-state index contributed by atoms with van der Waals surface area (Å²) >= 11 is 0. The second kappa shape index (κ2) is 4.43. The smallest absolute Gasteiger partial charge is 0.213 e. The van der Waals surface area contributed by atoms with E-state index in [0.29, 0.717) is 17.5 Å². The molecule has 0 radical (unpaired) electrons. The molecule has 0 atom stereocenters. The van der Waals surface area contributed by atoms with Gasteiger partial charge >= 0.3 is 0 Å². The van der Waals surface area contributed by atoms with Gasteiger partial charge in [0, 0.05) is 17.8 Å². The molecule has 1 aliphatic carbocycles. The zero-order chi connectivity index (χ0) is 10.7. The van der Waals surface area contributed by atoms with Gasteiger partial charge in [-0.15, -0.1) is 0 Å². The van der Waals surface area contributed by atoms with Crippen molar-refractivity contribution >= 4 is 5.78 Å². The van der Waals surface area contributed by atoms with Gasteiger partial charge in [-0.25, -0.2) is 4.98 Å². The fourth-order valence-electron chi connectivity index (χ4n) is 1.84. The van der Waals surface area contributed by atoms with E-state index in [0.717, 1.165) is 12.8 Å². The zero-order valence-corrected chi connectivity index (χ0v) is 8.90. The van der Waals surface area contributed by atoms with E-state index in [4.69, 9.17) is 4.74 Å². The molecule has 80 valence electrons. The number of hydrogen-bond acceptors (Lipinski definition) is 3. The lowest BCUT2D eigenvalue weighted by Gasteiger charge is -2.11. The summed E-state index contributed by atoms with van der Waals surface area (Å²) in [5.74, 6) is 0.668. The minimum Gasteiger partial charge on any atom is -0.474 e. The van der Waals surface area contributed by atoms with Crippen LogP contribution in [0.2, 0.25) is 0 Å². The molecule has 1 saturated carbocycles. The average Bonchev–Trinajstić information content (AvgIpc) is 2.71. The first-order valence-corrected chi connectivity index (χ1v) is 5.39. The Morgan fingerprint density at radius 1 is 1.40 bits per heavy atom. The second-order valence-corrected chi connectivity index (χ2v) is 3.97. The van der Waals surface area contributed by atoms with Gasteiger partial charge in [0.25, 0.3) is 0 Å². The van der Waals surface area contributed by atoms with Gasteiger partial charge in [0.15, 0.2) is 5.78 Å². The molecule has 0 aromatic carbocycles. The zero-order valence-electron chi connectivity index (χ0n) is 8.90. The molecule has 0 saturated heterocycles. The molecule has 3 nitrogen and oxygen atoms in total. The van der Waals surface area contributed by atoms with Gasteiger partial charge in [-0.05, 0) is 38.7 Å². The number of hydrogen-bond donors (Lipinski definition) is 0. The second-order valence-electron chi connectivity index (χ2n) is 3.97. The van der Waals surface area contributed by atoms with Crippen molar-refractivity contribution in [2.45, 2.75) is 38.7 Å². The molecule has 3 heteroatoms. The Balaban J connectivity index is 2.00. The normalized spacial score (nSPS) is 16.6. The highest BCUT2D eigenvalue weighted by Crippen LogP contribution is 2.22. The lowest BCUT2D eigenvalue weighted by molar-refractivity contribution is 0.101. The van der Waals surface area contributed by atoms with Crippen LogP contribution >= 0.6 is 0 Å². The van der Waals surface area contributed by atoms with Crippen LogP contribution in [0.25, 0.3) is 0 Å². The minimum atomic E-state index is 0.0370. The number of carbonyl (C=O) groups excluding carboxylic acids is 1. The highest BCUT2D eigenvalue weighted by atomic mass is 16.5. The van der Waals surface area contributed by atoms with Crippen molar-refractivity contribution in [3.8, 4) is 5.88 Å². The van der Waals surface area contributed by atoms with Crippen molar-refractivity contribution < 1.29 is 9.53 Å². The first-order chi connectivity index (χ1) is 7.25. The van der Waals surface area contributed by atoms with Crippen LogP contribution in [0.15, 0.2) is 18.3 Å². The molecular formula is C12H15NO2. The number of ketones is 1. The van der Waals surface area contributed by atoms with Crippen LogP contribution in [0.3, 0.4) is 0 Å². The van der Waals surface area contributed by atoms with Gasteiger partial charge in [0.2, 0.25) is 5.88 Å². The lowest BCUT2D eigenvalue weighted by Crippen LogP contribution is -2.11. The highest BCUT2D eigenvalue weighted by molar-refractivity contribution is 5.93. The molecular weight excluding hydrogens is 190 g/mol. The Labute approximate surface area is 89.5 Å². The van der Waals surface area contributed by atoms with Crippen molar-refractivity contribution in [1.82, 2.24) is 4.98 Å². The van der Waals surface area contributed by atoms with Gasteiger partial charge in [0.1, 0.15) is 6.10 Å². The molecule has 0 aliphatic heterocycles. The van der Waals surface area contributed by atoms with E-state index in [1.54, 1.807) is 18.3 Å². The summed E-state index contributed by atoms with van der Waals surface area (Å²) < 4.78 is 5.69. The number of rotatable bonds is 3. The van der Waals surface area contributed by atoms with E-state index < -0.39 is 0 Å².